The molecule has 1 aromatic rings. The highest BCUT2D eigenvalue weighted by Crippen LogP contribution is 2.27. The van der Waals surface area contributed by atoms with Crippen molar-refractivity contribution in [3.05, 3.63) is 41.6 Å². The molecule has 1 unspecified atom stereocenters. The van der Waals surface area contributed by atoms with Crippen LogP contribution < -0.4 is 5.32 Å². The predicted octanol–water partition coefficient (Wildman–Crippen LogP) is 2.64. The first kappa shape index (κ1) is 14.6. The Balaban J connectivity index is 1.49. The van der Waals surface area contributed by atoms with Gasteiger partial charge in [0.1, 0.15) is 5.82 Å². The fraction of sp³-hybridized carbons (Fsp3) is 0.438. The van der Waals surface area contributed by atoms with E-state index in [-0.39, 0.29) is 17.8 Å². The predicted molar refractivity (Wildman–Crippen MR) is 82.5 cm³/mol. The minimum atomic E-state index is -0.259. The molecule has 3 aliphatic rings. The smallest absolute Gasteiger partial charge is 0.244 e. The van der Waals surface area contributed by atoms with Crippen LogP contribution in [-0.2, 0) is 4.79 Å². The van der Waals surface area contributed by atoms with E-state index in [1.807, 2.05) is 6.07 Å². The van der Waals surface area contributed by atoms with Gasteiger partial charge in [-0.15, -0.1) is 0 Å². The summed E-state index contributed by atoms with van der Waals surface area (Å²) in [7, 11) is 0. The van der Waals surface area contributed by atoms with Crippen molar-refractivity contribution in [2.24, 2.45) is 5.92 Å². The Bertz CT molecular complexity index is 541. The van der Waals surface area contributed by atoms with Crippen LogP contribution in [0.1, 0.15) is 12.8 Å². The average Bonchev–Trinajstić information content (AvgIpc) is 2.48. The molecular formula is C16H19FN2OS. The van der Waals surface area contributed by atoms with Crippen molar-refractivity contribution in [2.45, 2.75) is 23.8 Å². The van der Waals surface area contributed by atoms with Gasteiger partial charge in [-0.2, -0.15) is 0 Å². The molecule has 3 aliphatic heterocycles. The van der Waals surface area contributed by atoms with Gasteiger partial charge in [-0.05, 0) is 55.5 Å². The number of nitrogens with zero attached hydrogens (tertiary/aromatic N) is 1. The lowest BCUT2D eigenvalue weighted by atomic mass is 9.84. The number of hydrogen-bond donors (Lipinski definition) is 1. The summed E-state index contributed by atoms with van der Waals surface area (Å²) in [5.41, 5.74) is 0. The fourth-order valence-corrected chi connectivity index (χ4v) is 3.76. The maximum absolute atomic E-state index is 13.0. The highest BCUT2D eigenvalue weighted by atomic mass is 32.2. The van der Waals surface area contributed by atoms with E-state index in [1.165, 1.54) is 55.9 Å². The number of halogens is 1. The molecule has 1 aromatic carbocycles. The zero-order valence-electron chi connectivity index (χ0n) is 11.8. The molecule has 4 rings (SSSR count). The largest absolute Gasteiger partial charge is 0.348 e. The molecule has 0 spiro atoms. The Labute approximate surface area is 128 Å². The van der Waals surface area contributed by atoms with Gasteiger partial charge in [0.05, 0.1) is 0 Å². The molecule has 3 saturated heterocycles. The van der Waals surface area contributed by atoms with Crippen LogP contribution in [0.25, 0.3) is 0 Å². The molecule has 5 heteroatoms. The molecule has 1 N–H and O–H groups in total. The fourth-order valence-electron chi connectivity index (χ4n) is 3.07. The third-order valence-electron chi connectivity index (χ3n) is 4.20. The molecule has 21 heavy (non-hydrogen) atoms. The van der Waals surface area contributed by atoms with E-state index in [2.05, 4.69) is 10.2 Å². The van der Waals surface area contributed by atoms with Gasteiger partial charge in [0, 0.05) is 23.6 Å². The summed E-state index contributed by atoms with van der Waals surface area (Å²) in [6, 6.07) is 6.64. The Morgan fingerprint density at radius 3 is 2.86 bits per heavy atom. The molecule has 2 bridgehead atoms. The van der Waals surface area contributed by atoms with Gasteiger partial charge in [0.2, 0.25) is 5.91 Å². The molecule has 0 radical (unpaired) electrons. The Morgan fingerprint density at radius 1 is 1.38 bits per heavy atom. The molecule has 112 valence electrons. The number of rotatable bonds is 4. The molecule has 1 amide bonds. The lowest BCUT2D eigenvalue weighted by molar-refractivity contribution is -0.118. The third-order valence-corrected chi connectivity index (χ3v) is 5.00. The number of fused-ring (bicyclic) bond motifs is 3. The van der Waals surface area contributed by atoms with Gasteiger partial charge in [-0.3, -0.25) is 4.79 Å². The van der Waals surface area contributed by atoms with Crippen LogP contribution in [0, 0.1) is 11.7 Å². The third kappa shape index (κ3) is 3.86. The van der Waals surface area contributed by atoms with Gasteiger partial charge >= 0.3 is 0 Å². The maximum atomic E-state index is 13.0. The molecule has 0 aromatic heterocycles. The summed E-state index contributed by atoms with van der Waals surface area (Å²) in [6.07, 6.45) is 3.91. The van der Waals surface area contributed by atoms with E-state index in [4.69, 9.17) is 0 Å². The van der Waals surface area contributed by atoms with Crippen molar-refractivity contribution in [3.8, 4) is 0 Å². The number of benzene rings is 1. The second-order valence-corrected chi connectivity index (χ2v) is 6.61. The van der Waals surface area contributed by atoms with Crippen LogP contribution in [-0.4, -0.2) is 36.5 Å². The molecular weight excluding hydrogens is 287 g/mol. The number of nitrogens with one attached hydrogen (secondary N) is 1. The standard InChI is InChI=1S/C16H19FN2OS/c17-13-2-1-3-14(10-13)21-9-6-16(20)18-15-11-19-7-4-12(15)5-8-19/h1-3,6,9-10,12,15H,4-5,7-8,11H2,(H,18,20). The highest BCUT2D eigenvalue weighted by molar-refractivity contribution is 8.02. The van der Waals surface area contributed by atoms with Crippen molar-refractivity contribution < 1.29 is 9.18 Å². The van der Waals surface area contributed by atoms with Gasteiger partial charge in [-0.25, -0.2) is 4.39 Å². The average molecular weight is 306 g/mol. The van der Waals surface area contributed by atoms with Crippen LogP contribution in [0.3, 0.4) is 0 Å². The van der Waals surface area contributed by atoms with Crippen molar-refractivity contribution in [1.29, 1.82) is 0 Å². The minimum Gasteiger partial charge on any atom is -0.348 e. The number of carbonyl (C=O) groups is 1. The second kappa shape index (κ2) is 6.62. The monoisotopic (exact) mass is 306 g/mol. The quantitative estimate of drug-likeness (QED) is 0.685. The maximum Gasteiger partial charge on any atom is 0.244 e. The summed E-state index contributed by atoms with van der Waals surface area (Å²) in [4.78, 5) is 15.1. The zero-order valence-corrected chi connectivity index (χ0v) is 12.6. The number of hydrogen-bond acceptors (Lipinski definition) is 3. The Morgan fingerprint density at radius 2 is 2.19 bits per heavy atom. The molecule has 0 aliphatic carbocycles. The van der Waals surface area contributed by atoms with E-state index in [0.29, 0.717) is 5.92 Å². The van der Waals surface area contributed by atoms with Crippen LogP contribution in [0.15, 0.2) is 40.6 Å². The van der Waals surface area contributed by atoms with E-state index in [0.717, 1.165) is 11.4 Å². The summed E-state index contributed by atoms with van der Waals surface area (Å²) in [5, 5.41) is 4.81. The van der Waals surface area contributed by atoms with Gasteiger partial charge in [-0.1, -0.05) is 17.8 Å². The summed E-state index contributed by atoms with van der Waals surface area (Å²) in [6.45, 7) is 3.31. The van der Waals surface area contributed by atoms with E-state index in [9.17, 15) is 9.18 Å². The molecule has 3 heterocycles. The summed E-state index contributed by atoms with van der Waals surface area (Å²) < 4.78 is 13.0. The van der Waals surface area contributed by atoms with Crippen LogP contribution in [0.4, 0.5) is 4.39 Å². The second-order valence-electron chi connectivity index (χ2n) is 5.63. The van der Waals surface area contributed by atoms with E-state index in [1.54, 1.807) is 11.5 Å². The van der Waals surface area contributed by atoms with Gasteiger partial charge < -0.3 is 10.2 Å². The van der Waals surface area contributed by atoms with Crippen molar-refractivity contribution in [2.75, 3.05) is 19.6 Å². The van der Waals surface area contributed by atoms with Crippen molar-refractivity contribution in [1.82, 2.24) is 10.2 Å². The first-order valence-electron chi connectivity index (χ1n) is 7.32. The zero-order chi connectivity index (χ0) is 14.7. The van der Waals surface area contributed by atoms with E-state index < -0.39 is 0 Å². The van der Waals surface area contributed by atoms with Crippen molar-refractivity contribution in [3.63, 3.8) is 0 Å². The van der Waals surface area contributed by atoms with Crippen LogP contribution in [0.2, 0.25) is 0 Å². The molecule has 3 nitrogen and oxygen atoms in total. The molecule has 3 fully saturated rings. The van der Waals surface area contributed by atoms with Gasteiger partial charge in [0.15, 0.2) is 0 Å². The number of thioether (sulfide) groups is 1. The Kier molecular flexibility index (Phi) is 4.60. The minimum absolute atomic E-state index is 0.0577. The SMILES string of the molecule is O=C(C=CSc1cccc(F)c1)NC1CN2CCC1CC2. The number of amides is 1. The lowest BCUT2D eigenvalue weighted by Gasteiger charge is -2.44. The Hall–Kier alpha value is -1.33. The molecule has 0 saturated carbocycles. The van der Waals surface area contributed by atoms with Crippen LogP contribution >= 0.6 is 11.8 Å². The highest BCUT2D eigenvalue weighted by Gasteiger charge is 2.34. The van der Waals surface area contributed by atoms with Crippen molar-refractivity contribution >= 4 is 17.7 Å². The first-order chi connectivity index (χ1) is 10.2. The summed E-state index contributed by atoms with van der Waals surface area (Å²) in [5.74, 6) is 0.311. The van der Waals surface area contributed by atoms with E-state index >= 15 is 0 Å². The lowest BCUT2D eigenvalue weighted by Crippen LogP contribution is -2.57. The van der Waals surface area contributed by atoms with Crippen LogP contribution in [0.5, 0.6) is 0 Å². The summed E-state index contributed by atoms with van der Waals surface area (Å²) >= 11 is 1.35. The topological polar surface area (TPSA) is 32.3 Å². The number of piperidine rings is 3. The molecule has 1 atom stereocenters. The normalized spacial score (nSPS) is 28.0. The first-order valence-corrected chi connectivity index (χ1v) is 8.20. The number of carbonyl (C=O) groups excluding carboxylic acids is 1. The van der Waals surface area contributed by atoms with Gasteiger partial charge in [0.25, 0.3) is 0 Å².